The van der Waals surface area contributed by atoms with E-state index in [1.807, 2.05) is 13.8 Å². The van der Waals surface area contributed by atoms with Gasteiger partial charge in [-0.2, -0.15) is 12.7 Å². The number of carbonyl (C=O) groups is 3. The fraction of sp³-hybridized carbons (Fsp3) is 0.839. The maximum absolute atomic E-state index is 13.2. The van der Waals surface area contributed by atoms with Gasteiger partial charge in [0.1, 0.15) is 6.04 Å². The molecular weight excluding hydrogens is 640 g/mol. The third-order valence-corrected chi connectivity index (χ3v) is 8.57. The topological polar surface area (TPSA) is 246 Å². The van der Waals surface area contributed by atoms with Crippen LogP contribution in [-0.4, -0.2) is 92.5 Å². The zero-order valence-corrected chi connectivity index (χ0v) is 30.2. The number of hydrogen-bond donors (Lipinski definition) is 8. The van der Waals surface area contributed by atoms with Crippen molar-refractivity contribution in [1.82, 2.24) is 31.1 Å². The highest BCUT2D eigenvalue weighted by atomic mass is 32.2. The second-order valence-electron chi connectivity index (χ2n) is 12.4. The Bertz CT molecular complexity index is 1030. The third-order valence-electron chi connectivity index (χ3n) is 7.55. The van der Waals surface area contributed by atoms with Crippen molar-refractivity contribution in [3.63, 3.8) is 0 Å². The highest BCUT2D eigenvalue weighted by Crippen LogP contribution is 2.18. The van der Waals surface area contributed by atoms with Crippen LogP contribution in [0.3, 0.4) is 0 Å². The average molecular weight is 705 g/mol. The summed E-state index contributed by atoms with van der Waals surface area (Å²) < 4.78 is 36.1. The van der Waals surface area contributed by atoms with Crippen molar-refractivity contribution in [2.45, 2.75) is 129 Å². The van der Waals surface area contributed by atoms with Gasteiger partial charge in [0.25, 0.3) is 0 Å². The molecule has 3 amide bonds. The summed E-state index contributed by atoms with van der Waals surface area (Å²) in [6.07, 6.45) is 13.9. The molecule has 0 aromatic carbocycles. The van der Waals surface area contributed by atoms with Crippen LogP contribution in [0, 0.1) is 5.92 Å². The molecule has 0 aromatic rings. The lowest BCUT2D eigenvalue weighted by Gasteiger charge is -2.29. The van der Waals surface area contributed by atoms with Crippen molar-refractivity contribution in [2.24, 2.45) is 27.6 Å². The van der Waals surface area contributed by atoms with Gasteiger partial charge in [-0.05, 0) is 50.9 Å². The summed E-state index contributed by atoms with van der Waals surface area (Å²) in [5.74, 6) is 8.83. The minimum absolute atomic E-state index is 0.0567. The molecule has 0 radical (unpaired) electrons. The van der Waals surface area contributed by atoms with Gasteiger partial charge in [-0.25, -0.2) is 11.7 Å². The van der Waals surface area contributed by atoms with Crippen LogP contribution in [0.1, 0.15) is 117 Å². The minimum atomic E-state index is -4.87. The Hall–Kier alpha value is -2.86. The summed E-state index contributed by atoms with van der Waals surface area (Å²) in [6.45, 7) is 7.16. The Labute approximate surface area is 288 Å². The van der Waals surface area contributed by atoms with Crippen LogP contribution in [0.15, 0.2) is 9.98 Å². The number of aliphatic imine (C=N–C) groups is 2. The highest BCUT2D eigenvalue weighted by molar-refractivity contribution is 7.83. The van der Waals surface area contributed by atoms with Gasteiger partial charge in [-0.3, -0.25) is 28.9 Å². The van der Waals surface area contributed by atoms with Crippen LogP contribution >= 0.6 is 0 Å². The molecule has 0 saturated heterocycles. The fourth-order valence-corrected chi connectivity index (χ4v) is 5.92. The Morgan fingerprint density at radius 1 is 0.792 bits per heavy atom. The first-order valence-corrected chi connectivity index (χ1v) is 18.8. The molecule has 10 N–H and O–H groups in total. The van der Waals surface area contributed by atoms with E-state index < -0.39 is 34.8 Å². The van der Waals surface area contributed by atoms with Crippen molar-refractivity contribution < 1.29 is 27.4 Å². The summed E-state index contributed by atoms with van der Waals surface area (Å²) in [5.41, 5.74) is 4.66. The van der Waals surface area contributed by atoms with E-state index in [1.54, 1.807) is 0 Å². The van der Waals surface area contributed by atoms with E-state index in [4.69, 9.17) is 11.7 Å². The predicted molar refractivity (Wildman–Crippen MR) is 191 cm³/mol. The number of nitrogens with two attached hydrogens (primary N) is 2. The van der Waals surface area contributed by atoms with Gasteiger partial charge in [0.05, 0.1) is 19.2 Å². The van der Waals surface area contributed by atoms with E-state index in [9.17, 15) is 27.4 Å². The molecular formula is C31H64N10O6S. The number of rotatable bonds is 31. The number of carbonyl (C=O) groups excluding carboxylic acids is 3. The predicted octanol–water partition coefficient (Wildman–Crippen LogP) is 1.69. The first-order chi connectivity index (χ1) is 23.0. The van der Waals surface area contributed by atoms with Crippen molar-refractivity contribution in [3.05, 3.63) is 0 Å². The quantitative estimate of drug-likeness (QED) is 0.0130. The molecule has 280 valence electrons. The largest absolute Gasteiger partial charge is 0.356 e. The van der Waals surface area contributed by atoms with Gasteiger partial charge >= 0.3 is 10.3 Å². The Morgan fingerprint density at radius 2 is 1.33 bits per heavy atom. The number of nitrogens with one attached hydrogen (secondary N) is 5. The molecule has 0 aliphatic heterocycles. The second-order valence-corrected chi connectivity index (χ2v) is 13.7. The SMILES string of the molecule is CCCCCCCCCC(CC(=O)NCCCCCN=CNN)N(CC(=O)NC(CC(C)C)C(=O)NCCCCN=CNN)S(=O)(=O)O. The number of amides is 3. The number of nitrogens with zero attached hydrogens (tertiary/aromatic N) is 3. The normalized spacial score (nSPS) is 13.2. The number of hydrazine groups is 2. The maximum atomic E-state index is 13.2. The van der Waals surface area contributed by atoms with Crippen molar-refractivity contribution in [3.8, 4) is 0 Å². The van der Waals surface area contributed by atoms with E-state index >= 15 is 0 Å². The van der Waals surface area contributed by atoms with Crippen molar-refractivity contribution >= 4 is 40.7 Å². The highest BCUT2D eigenvalue weighted by Gasteiger charge is 2.33. The van der Waals surface area contributed by atoms with E-state index in [2.05, 4.69) is 43.7 Å². The fourth-order valence-electron chi connectivity index (χ4n) is 5.08. The summed E-state index contributed by atoms with van der Waals surface area (Å²) >= 11 is 0. The van der Waals surface area contributed by atoms with Crippen LogP contribution in [0.2, 0.25) is 0 Å². The van der Waals surface area contributed by atoms with E-state index in [0.29, 0.717) is 62.6 Å². The zero-order valence-electron chi connectivity index (χ0n) is 29.4. The maximum Gasteiger partial charge on any atom is 0.336 e. The first-order valence-electron chi connectivity index (χ1n) is 17.4. The van der Waals surface area contributed by atoms with Gasteiger partial charge in [-0.1, -0.05) is 65.7 Å². The Kier molecular flexibility index (Phi) is 27.4. The van der Waals surface area contributed by atoms with Crippen LogP contribution < -0.4 is 38.5 Å². The number of unbranched alkanes of at least 4 members (excludes halogenated alkanes) is 9. The zero-order chi connectivity index (χ0) is 36.0. The molecule has 0 saturated carbocycles. The molecule has 0 aliphatic rings. The lowest BCUT2D eigenvalue weighted by Crippen LogP contribution is -2.52. The summed E-state index contributed by atoms with van der Waals surface area (Å²) in [5, 5.41) is 8.29. The van der Waals surface area contributed by atoms with Gasteiger partial charge in [-0.15, -0.1) is 0 Å². The van der Waals surface area contributed by atoms with Gasteiger partial charge < -0.3 is 26.8 Å². The van der Waals surface area contributed by atoms with Crippen LogP contribution in [-0.2, 0) is 24.7 Å². The van der Waals surface area contributed by atoms with Crippen LogP contribution in [0.4, 0.5) is 0 Å². The molecule has 0 spiro atoms. The van der Waals surface area contributed by atoms with E-state index in [0.717, 1.165) is 57.8 Å². The molecule has 16 nitrogen and oxygen atoms in total. The molecule has 0 aromatic heterocycles. The summed E-state index contributed by atoms with van der Waals surface area (Å²) in [6, 6.07) is -1.84. The van der Waals surface area contributed by atoms with Gasteiger partial charge in [0.15, 0.2) is 0 Å². The van der Waals surface area contributed by atoms with Crippen molar-refractivity contribution in [2.75, 3.05) is 32.7 Å². The first kappa shape index (κ1) is 45.1. The molecule has 0 rings (SSSR count). The lowest BCUT2D eigenvalue weighted by molar-refractivity contribution is -0.129. The molecule has 0 heterocycles. The standard InChI is InChI=1S/C31H64N10O6S/c1-4-5-6-7-8-9-11-16-27(22-29(42)36-19-13-10-12-17-34-24-38-32)41(48(45,46)47)23-30(43)40-28(21-26(2)3)31(44)37-20-15-14-18-35-25-39-33/h24-28H,4-23,32-33H2,1-3H3,(H,34,38)(H,35,39)(H,36,42)(H,37,44)(H,40,43)(H,45,46,47). The van der Waals surface area contributed by atoms with Crippen LogP contribution in [0.5, 0.6) is 0 Å². The number of hydrogen-bond acceptors (Lipinski definition) is 9. The summed E-state index contributed by atoms with van der Waals surface area (Å²) in [7, 11) is -4.87. The molecule has 2 atom stereocenters. The average Bonchev–Trinajstić information content (AvgIpc) is 3.02. The van der Waals surface area contributed by atoms with Gasteiger partial charge in [0, 0.05) is 38.6 Å². The van der Waals surface area contributed by atoms with Gasteiger partial charge in [0.2, 0.25) is 17.7 Å². The van der Waals surface area contributed by atoms with E-state index in [1.165, 1.54) is 12.7 Å². The van der Waals surface area contributed by atoms with E-state index in [-0.39, 0.29) is 24.2 Å². The molecule has 17 heteroatoms. The lowest BCUT2D eigenvalue weighted by atomic mass is 10.0. The Balaban J connectivity index is 5.45. The molecule has 0 bridgehead atoms. The second kappa shape index (κ2) is 29.1. The molecule has 0 fully saturated rings. The smallest absolute Gasteiger partial charge is 0.336 e. The van der Waals surface area contributed by atoms with Crippen molar-refractivity contribution in [1.29, 1.82) is 0 Å². The molecule has 0 aliphatic carbocycles. The minimum Gasteiger partial charge on any atom is -0.356 e. The Morgan fingerprint density at radius 3 is 1.92 bits per heavy atom. The molecule has 48 heavy (non-hydrogen) atoms. The van der Waals surface area contributed by atoms with Crippen LogP contribution in [0.25, 0.3) is 0 Å². The third kappa shape index (κ3) is 25.2. The molecule has 2 unspecified atom stereocenters. The monoisotopic (exact) mass is 704 g/mol. The summed E-state index contributed by atoms with van der Waals surface area (Å²) in [4.78, 5) is 47.2.